The van der Waals surface area contributed by atoms with Crippen LogP contribution in [0.2, 0.25) is 0 Å². The van der Waals surface area contributed by atoms with Gasteiger partial charge in [0.15, 0.2) is 11.5 Å². The minimum Gasteiger partial charge on any atom is -0.493 e. The molecule has 0 spiro atoms. The molecule has 0 atom stereocenters. The first-order valence-corrected chi connectivity index (χ1v) is 10.8. The number of amides is 1. The number of methoxy groups -OCH3 is 2. The minimum absolute atomic E-state index is 0.0313. The molecule has 2 heterocycles. The first-order chi connectivity index (χ1) is 15.2. The van der Waals surface area contributed by atoms with E-state index in [0.29, 0.717) is 19.7 Å². The second-order valence-corrected chi connectivity index (χ2v) is 7.91. The Kier molecular flexibility index (Phi) is 6.77. The Morgan fingerprint density at radius 2 is 2.00 bits per heavy atom. The summed E-state index contributed by atoms with van der Waals surface area (Å²) in [4.78, 5) is 18.1. The summed E-state index contributed by atoms with van der Waals surface area (Å²) in [6, 6.07) is 14.5. The van der Waals surface area contributed by atoms with E-state index in [2.05, 4.69) is 35.3 Å². The Morgan fingerprint density at radius 1 is 1.13 bits per heavy atom. The van der Waals surface area contributed by atoms with Crippen molar-refractivity contribution in [1.82, 2.24) is 9.88 Å². The first kappa shape index (κ1) is 21.2. The summed E-state index contributed by atoms with van der Waals surface area (Å²) in [5.41, 5.74) is 4.72. The number of nitrogens with one attached hydrogen (secondary N) is 1. The van der Waals surface area contributed by atoms with Crippen LogP contribution < -0.4 is 9.47 Å². The number of ether oxygens (including phenoxy) is 3. The number of para-hydroxylation sites is 1. The summed E-state index contributed by atoms with van der Waals surface area (Å²) in [5, 5.41) is 1.22. The number of H-pyrrole nitrogens is 1. The van der Waals surface area contributed by atoms with Crippen LogP contribution in [0.4, 0.5) is 0 Å². The molecule has 164 valence electrons. The van der Waals surface area contributed by atoms with Crippen LogP contribution in [0.1, 0.15) is 29.7 Å². The summed E-state index contributed by atoms with van der Waals surface area (Å²) in [6.07, 6.45) is 3.30. The smallest absolute Gasteiger partial charge is 0.248 e. The molecule has 0 saturated heterocycles. The van der Waals surface area contributed by atoms with Crippen LogP contribution >= 0.6 is 0 Å². The summed E-state index contributed by atoms with van der Waals surface area (Å²) in [7, 11) is 3.23. The normalized spacial score (nSPS) is 15.1. The van der Waals surface area contributed by atoms with Gasteiger partial charge < -0.3 is 24.1 Å². The third kappa shape index (κ3) is 4.85. The van der Waals surface area contributed by atoms with Gasteiger partial charge in [-0.1, -0.05) is 24.3 Å². The maximum absolute atomic E-state index is 12.6. The lowest BCUT2D eigenvalue weighted by Gasteiger charge is -2.23. The fourth-order valence-corrected chi connectivity index (χ4v) is 4.25. The Balaban J connectivity index is 1.71. The number of nitrogens with zero attached hydrogens (tertiary/aromatic N) is 1. The molecule has 1 amide bonds. The van der Waals surface area contributed by atoms with E-state index in [1.165, 1.54) is 16.6 Å². The molecule has 2 aromatic carbocycles. The van der Waals surface area contributed by atoms with Crippen molar-refractivity contribution in [2.75, 3.05) is 40.5 Å². The van der Waals surface area contributed by atoms with Gasteiger partial charge in [-0.05, 0) is 48.6 Å². The Morgan fingerprint density at radius 3 is 2.84 bits per heavy atom. The van der Waals surface area contributed by atoms with Gasteiger partial charge in [0.1, 0.15) is 6.61 Å². The maximum Gasteiger partial charge on any atom is 0.248 e. The van der Waals surface area contributed by atoms with Crippen molar-refractivity contribution in [3.63, 3.8) is 0 Å². The van der Waals surface area contributed by atoms with Crippen LogP contribution in [0.15, 0.2) is 42.5 Å². The van der Waals surface area contributed by atoms with Gasteiger partial charge in [0.2, 0.25) is 5.91 Å². The zero-order chi connectivity index (χ0) is 21.6. The molecule has 6 nitrogen and oxygen atoms in total. The van der Waals surface area contributed by atoms with Crippen LogP contribution in [-0.4, -0.2) is 56.3 Å². The number of fused-ring (bicyclic) bond motifs is 5. The van der Waals surface area contributed by atoms with E-state index in [4.69, 9.17) is 14.2 Å². The van der Waals surface area contributed by atoms with Gasteiger partial charge in [-0.15, -0.1) is 0 Å². The summed E-state index contributed by atoms with van der Waals surface area (Å²) in [6.45, 7) is 2.06. The molecule has 0 aliphatic carbocycles. The van der Waals surface area contributed by atoms with Gasteiger partial charge >= 0.3 is 0 Å². The quantitative estimate of drug-likeness (QED) is 0.694. The summed E-state index contributed by atoms with van der Waals surface area (Å²) in [5.74, 6) is 1.54. The standard InChI is InChI=1S/C25H30N2O4/c1-29-17-25(28)27-12-5-6-14-31-24-16-18(9-10-23(24)30-2)15-22-20(11-13-27)19-7-3-4-8-21(19)26-22/h3-4,7-10,16,26H,5-6,11-15,17H2,1-2H3. The molecule has 0 unspecified atom stereocenters. The van der Waals surface area contributed by atoms with Gasteiger partial charge in [0.25, 0.3) is 0 Å². The molecule has 0 saturated carbocycles. The zero-order valence-electron chi connectivity index (χ0n) is 18.3. The first-order valence-electron chi connectivity index (χ1n) is 10.8. The van der Waals surface area contributed by atoms with Gasteiger partial charge in [-0.3, -0.25) is 4.79 Å². The largest absolute Gasteiger partial charge is 0.493 e. The van der Waals surface area contributed by atoms with Crippen molar-refractivity contribution >= 4 is 16.8 Å². The van der Waals surface area contributed by atoms with Gasteiger partial charge in [0, 0.05) is 43.2 Å². The molecule has 0 radical (unpaired) electrons. The van der Waals surface area contributed by atoms with Crippen molar-refractivity contribution in [3.8, 4) is 11.5 Å². The molecule has 2 bridgehead atoms. The zero-order valence-corrected chi connectivity index (χ0v) is 18.3. The number of hydrogen-bond donors (Lipinski definition) is 1. The molecule has 31 heavy (non-hydrogen) atoms. The van der Waals surface area contributed by atoms with Crippen molar-refractivity contribution in [3.05, 3.63) is 59.3 Å². The SMILES string of the molecule is COCC(=O)N1CCCCOc2cc(ccc2OC)Cc2[nH]c3ccccc3c2CC1. The van der Waals surface area contributed by atoms with Crippen molar-refractivity contribution in [1.29, 1.82) is 0 Å². The predicted molar refractivity (Wildman–Crippen MR) is 121 cm³/mol. The Labute approximate surface area is 183 Å². The molecular weight excluding hydrogens is 392 g/mol. The molecule has 0 fully saturated rings. The average molecular weight is 423 g/mol. The van der Waals surface area contributed by atoms with E-state index in [-0.39, 0.29) is 12.5 Å². The number of carbonyl (C=O) groups is 1. The predicted octanol–water partition coefficient (Wildman–Crippen LogP) is 3.96. The fraction of sp³-hybridized carbons (Fsp3) is 0.400. The average Bonchev–Trinajstić information content (AvgIpc) is 3.12. The molecule has 1 aliphatic heterocycles. The number of benzene rings is 2. The van der Waals surface area contributed by atoms with E-state index in [1.807, 2.05) is 17.0 Å². The third-order valence-corrected chi connectivity index (χ3v) is 5.84. The lowest BCUT2D eigenvalue weighted by molar-refractivity contribution is -0.135. The second kappa shape index (κ2) is 9.88. The Hall–Kier alpha value is -2.99. The number of rotatable bonds is 3. The highest BCUT2D eigenvalue weighted by molar-refractivity contribution is 5.85. The lowest BCUT2D eigenvalue weighted by Crippen LogP contribution is -2.36. The molecule has 1 N–H and O–H groups in total. The Bertz CT molecular complexity index is 1040. The van der Waals surface area contributed by atoms with Gasteiger partial charge in [0.05, 0.1) is 13.7 Å². The highest BCUT2D eigenvalue weighted by Crippen LogP contribution is 2.31. The van der Waals surface area contributed by atoms with E-state index in [1.54, 1.807) is 14.2 Å². The lowest BCUT2D eigenvalue weighted by atomic mass is 10.0. The van der Waals surface area contributed by atoms with E-state index < -0.39 is 0 Å². The van der Waals surface area contributed by atoms with Crippen LogP contribution in [-0.2, 0) is 22.4 Å². The topological polar surface area (TPSA) is 63.8 Å². The van der Waals surface area contributed by atoms with E-state index in [9.17, 15) is 4.79 Å². The number of carbonyl (C=O) groups excluding carboxylic acids is 1. The van der Waals surface area contributed by atoms with Crippen LogP contribution in [0.3, 0.4) is 0 Å². The molecule has 6 heteroatoms. The monoisotopic (exact) mass is 422 g/mol. The second-order valence-electron chi connectivity index (χ2n) is 7.91. The van der Waals surface area contributed by atoms with Crippen molar-refractivity contribution in [2.24, 2.45) is 0 Å². The highest BCUT2D eigenvalue weighted by atomic mass is 16.5. The molecule has 3 aromatic rings. The highest BCUT2D eigenvalue weighted by Gasteiger charge is 2.18. The number of hydrogen-bond acceptors (Lipinski definition) is 4. The van der Waals surface area contributed by atoms with Gasteiger partial charge in [-0.2, -0.15) is 0 Å². The summed E-state index contributed by atoms with van der Waals surface area (Å²) >= 11 is 0. The minimum atomic E-state index is 0.0313. The fourth-order valence-electron chi connectivity index (χ4n) is 4.25. The third-order valence-electron chi connectivity index (χ3n) is 5.84. The summed E-state index contributed by atoms with van der Waals surface area (Å²) < 4.78 is 16.6. The molecular formula is C25H30N2O4. The van der Waals surface area contributed by atoms with E-state index in [0.717, 1.165) is 48.3 Å². The van der Waals surface area contributed by atoms with Crippen molar-refractivity contribution < 1.29 is 19.0 Å². The van der Waals surface area contributed by atoms with Crippen LogP contribution in [0.25, 0.3) is 10.9 Å². The number of aromatic amines is 1. The maximum atomic E-state index is 12.6. The van der Waals surface area contributed by atoms with Crippen LogP contribution in [0.5, 0.6) is 11.5 Å². The molecule has 4 rings (SSSR count). The molecule has 1 aromatic heterocycles. The van der Waals surface area contributed by atoms with E-state index >= 15 is 0 Å². The van der Waals surface area contributed by atoms with Crippen LogP contribution in [0, 0.1) is 0 Å². The molecule has 1 aliphatic rings. The van der Waals surface area contributed by atoms with Crippen molar-refractivity contribution in [2.45, 2.75) is 25.7 Å². The van der Waals surface area contributed by atoms with Gasteiger partial charge in [-0.25, -0.2) is 0 Å². The number of aromatic nitrogens is 1.